The number of halogens is 1. The van der Waals surface area contributed by atoms with Crippen molar-refractivity contribution in [2.24, 2.45) is 0 Å². The molecular formula is C21H17FN2O2S. The van der Waals surface area contributed by atoms with Gasteiger partial charge in [0.2, 0.25) is 0 Å². The lowest BCUT2D eigenvalue weighted by molar-refractivity contribution is 0.602. The van der Waals surface area contributed by atoms with Crippen molar-refractivity contribution in [1.29, 1.82) is 0 Å². The Morgan fingerprint density at radius 2 is 1.81 bits per heavy atom. The molecule has 0 spiro atoms. The second-order valence-corrected chi connectivity index (χ2v) is 8.49. The summed E-state index contributed by atoms with van der Waals surface area (Å²) in [7, 11) is -3.29. The van der Waals surface area contributed by atoms with Gasteiger partial charge in [0.15, 0.2) is 9.84 Å². The maximum Gasteiger partial charge on any atom is 0.175 e. The maximum atomic E-state index is 13.2. The molecule has 4 nitrogen and oxygen atoms in total. The van der Waals surface area contributed by atoms with Gasteiger partial charge in [0, 0.05) is 41.7 Å². The second kappa shape index (κ2) is 6.63. The minimum absolute atomic E-state index is 0.276. The topological polar surface area (TPSA) is 52.0 Å². The summed E-state index contributed by atoms with van der Waals surface area (Å²) in [6.07, 6.45) is 4.68. The summed E-state index contributed by atoms with van der Waals surface area (Å²) in [6.45, 7) is 0.534. The van der Waals surface area contributed by atoms with E-state index < -0.39 is 9.84 Å². The zero-order chi connectivity index (χ0) is 19.0. The molecule has 2 heterocycles. The second-order valence-electron chi connectivity index (χ2n) is 6.48. The van der Waals surface area contributed by atoms with Crippen LogP contribution in [0.3, 0.4) is 0 Å². The fourth-order valence-corrected chi connectivity index (χ4v) is 3.83. The van der Waals surface area contributed by atoms with Crippen molar-refractivity contribution in [1.82, 2.24) is 9.55 Å². The first-order chi connectivity index (χ1) is 12.9. The Bertz CT molecular complexity index is 1210. The van der Waals surface area contributed by atoms with Gasteiger partial charge in [-0.1, -0.05) is 12.1 Å². The normalized spacial score (nSPS) is 11.8. The lowest BCUT2D eigenvalue weighted by Crippen LogP contribution is -2.02. The van der Waals surface area contributed by atoms with Crippen LogP contribution in [-0.2, 0) is 16.4 Å². The van der Waals surface area contributed by atoms with Crippen LogP contribution in [0.5, 0.6) is 0 Å². The molecule has 0 aliphatic carbocycles. The summed E-state index contributed by atoms with van der Waals surface area (Å²) in [6, 6.07) is 17.3. The van der Waals surface area contributed by atoms with Gasteiger partial charge in [0.05, 0.1) is 10.6 Å². The minimum atomic E-state index is -3.29. The van der Waals surface area contributed by atoms with E-state index in [4.69, 9.17) is 0 Å². The number of sulfone groups is 1. The molecule has 0 aliphatic heterocycles. The van der Waals surface area contributed by atoms with Crippen molar-refractivity contribution in [2.75, 3.05) is 6.26 Å². The summed E-state index contributed by atoms with van der Waals surface area (Å²) in [5.74, 6) is -0.276. The Kier molecular flexibility index (Phi) is 4.28. The summed E-state index contributed by atoms with van der Waals surface area (Å²) in [4.78, 5) is 4.47. The molecule has 136 valence electrons. The Morgan fingerprint density at radius 1 is 1.04 bits per heavy atom. The molecule has 2 aromatic heterocycles. The van der Waals surface area contributed by atoms with Gasteiger partial charge in [-0.3, -0.25) is 4.98 Å². The molecule has 0 N–H and O–H groups in total. The quantitative estimate of drug-likeness (QED) is 0.531. The molecule has 0 atom stereocenters. The summed E-state index contributed by atoms with van der Waals surface area (Å²) < 4.78 is 39.2. The number of fused-ring (bicyclic) bond motifs is 1. The maximum absolute atomic E-state index is 13.2. The molecule has 0 radical (unpaired) electrons. The third-order valence-electron chi connectivity index (χ3n) is 4.51. The Morgan fingerprint density at radius 3 is 2.48 bits per heavy atom. The van der Waals surface area contributed by atoms with Gasteiger partial charge in [-0.15, -0.1) is 0 Å². The molecule has 0 amide bonds. The molecule has 0 bridgehead atoms. The summed E-state index contributed by atoms with van der Waals surface area (Å²) in [5.41, 5.74) is 3.71. The Hall–Kier alpha value is -2.99. The predicted molar refractivity (Wildman–Crippen MR) is 104 cm³/mol. The van der Waals surface area contributed by atoms with Gasteiger partial charge in [0.1, 0.15) is 5.82 Å². The number of benzene rings is 2. The minimum Gasteiger partial charge on any atom is -0.336 e. The van der Waals surface area contributed by atoms with E-state index in [1.165, 1.54) is 18.4 Å². The van der Waals surface area contributed by atoms with E-state index in [-0.39, 0.29) is 10.7 Å². The fraction of sp³-hybridized carbons (Fsp3) is 0.0952. The van der Waals surface area contributed by atoms with Crippen LogP contribution in [0.4, 0.5) is 4.39 Å². The SMILES string of the molecule is CS(=O)(=O)c1ccc2c(c1)cc(-c1cccnc1)n2Cc1ccc(F)cc1. The van der Waals surface area contributed by atoms with Crippen LogP contribution in [0.15, 0.2) is 78.0 Å². The van der Waals surface area contributed by atoms with E-state index >= 15 is 0 Å². The van der Waals surface area contributed by atoms with Crippen LogP contribution in [0.1, 0.15) is 5.56 Å². The number of hydrogen-bond donors (Lipinski definition) is 0. The van der Waals surface area contributed by atoms with Crippen LogP contribution in [0, 0.1) is 5.82 Å². The van der Waals surface area contributed by atoms with E-state index in [0.717, 1.165) is 27.7 Å². The van der Waals surface area contributed by atoms with Crippen LogP contribution < -0.4 is 0 Å². The van der Waals surface area contributed by atoms with E-state index in [9.17, 15) is 12.8 Å². The van der Waals surface area contributed by atoms with Crippen molar-refractivity contribution >= 4 is 20.7 Å². The van der Waals surface area contributed by atoms with Gasteiger partial charge >= 0.3 is 0 Å². The third kappa shape index (κ3) is 3.48. The Balaban J connectivity index is 1.91. The number of hydrogen-bond acceptors (Lipinski definition) is 3. The smallest absolute Gasteiger partial charge is 0.175 e. The number of nitrogens with zero attached hydrogens (tertiary/aromatic N) is 2. The molecule has 4 aromatic rings. The van der Waals surface area contributed by atoms with Crippen molar-refractivity contribution in [3.05, 3.63) is 84.4 Å². The third-order valence-corrected chi connectivity index (χ3v) is 5.62. The highest BCUT2D eigenvalue weighted by Gasteiger charge is 2.14. The highest BCUT2D eigenvalue weighted by Crippen LogP contribution is 2.30. The van der Waals surface area contributed by atoms with Crippen LogP contribution in [-0.4, -0.2) is 24.2 Å². The number of aromatic nitrogens is 2. The van der Waals surface area contributed by atoms with E-state index in [1.807, 2.05) is 24.3 Å². The van der Waals surface area contributed by atoms with Gasteiger partial charge in [-0.25, -0.2) is 12.8 Å². The fourth-order valence-electron chi connectivity index (χ4n) is 3.18. The molecule has 4 rings (SSSR count). The van der Waals surface area contributed by atoms with Gasteiger partial charge < -0.3 is 4.57 Å². The zero-order valence-electron chi connectivity index (χ0n) is 14.6. The Labute approximate surface area is 156 Å². The highest BCUT2D eigenvalue weighted by molar-refractivity contribution is 7.90. The number of pyridine rings is 1. The molecule has 6 heteroatoms. The monoisotopic (exact) mass is 380 g/mol. The van der Waals surface area contributed by atoms with Gasteiger partial charge in [-0.2, -0.15) is 0 Å². The van der Waals surface area contributed by atoms with Crippen LogP contribution in [0.25, 0.3) is 22.2 Å². The average Bonchev–Trinajstić information content (AvgIpc) is 3.01. The molecule has 0 saturated carbocycles. The lowest BCUT2D eigenvalue weighted by Gasteiger charge is -2.11. The molecule has 0 unspecified atom stereocenters. The molecule has 0 fully saturated rings. The summed E-state index contributed by atoms with van der Waals surface area (Å²) in [5, 5.41) is 0.832. The van der Waals surface area contributed by atoms with E-state index in [1.54, 1.807) is 36.7 Å². The molecule has 0 saturated heterocycles. The first-order valence-corrected chi connectivity index (χ1v) is 10.3. The lowest BCUT2D eigenvalue weighted by atomic mass is 10.2. The van der Waals surface area contributed by atoms with Crippen molar-refractivity contribution in [3.8, 4) is 11.3 Å². The van der Waals surface area contributed by atoms with Crippen molar-refractivity contribution in [3.63, 3.8) is 0 Å². The molecular weight excluding hydrogens is 363 g/mol. The van der Waals surface area contributed by atoms with Crippen molar-refractivity contribution in [2.45, 2.75) is 11.4 Å². The zero-order valence-corrected chi connectivity index (χ0v) is 15.4. The average molecular weight is 380 g/mol. The van der Waals surface area contributed by atoms with E-state index in [0.29, 0.717) is 6.54 Å². The van der Waals surface area contributed by atoms with Gasteiger partial charge in [0.25, 0.3) is 0 Å². The molecule has 27 heavy (non-hydrogen) atoms. The van der Waals surface area contributed by atoms with E-state index in [2.05, 4.69) is 9.55 Å². The van der Waals surface area contributed by atoms with Crippen LogP contribution >= 0.6 is 0 Å². The largest absolute Gasteiger partial charge is 0.336 e. The molecule has 2 aromatic carbocycles. The first-order valence-electron chi connectivity index (χ1n) is 8.40. The summed E-state index contributed by atoms with van der Waals surface area (Å²) >= 11 is 0. The molecule has 0 aliphatic rings. The van der Waals surface area contributed by atoms with Gasteiger partial charge in [-0.05, 0) is 54.1 Å². The predicted octanol–water partition coefficient (Wildman–Crippen LogP) is 4.29. The standard InChI is InChI=1S/C21H17FN2O2S/c1-27(25,26)19-8-9-20-17(11-19)12-21(16-3-2-10-23-13-16)24(20)14-15-4-6-18(22)7-5-15/h2-13H,14H2,1H3. The van der Waals surface area contributed by atoms with Crippen LogP contribution in [0.2, 0.25) is 0 Å². The highest BCUT2D eigenvalue weighted by atomic mass is 32.2. The number of rotatable bonds is 4. The first kappa shape index (κ1) is 17.4. The van der Waals surface area contributed by atoms with Crippen molar-refractivity contribution < 1.29 is 12.8 Å².